The highest BCUT2D eigenvalue weighted by atomic mass is 35.5. The lowest BCUT2D eigenvalue weighted by Gasteiger charge is -2.37. The Kier molecular flexibility index (Phi) is 10.2. The van der Waals surface area contributed by atoms with Crippen LogP contribution in [0.1, 0.15) is 70.2 Å². The van der Waals surface area contributed by atoms with Crippen LogP contribution in [0.2, 0.25) is 0 Å². The van der Waals surface area contributed by atoms with Crippen molar-refractivity contribution in [3.8, 4) is 0 Å². The van der Waals surface area contributed by atoms with Gasteiger partial charge in [0.15, 0.2) is 0 Å². The molecule has 0 saturated carbocycles. The molecule has 0 atom stereocenters. The normalized spacial score (nSPS) is 19.4. The Hall–Kier alpha value is -1.15. The summed E-state index contributed by atoms with van der Waals surface area (Å²) in [6.45, 7) is 14.1. The lowest BCUT2D eigenvalue weighted by Crippen LogP contribution is -2.43. The molecule has 0 unspecified atom stereocenters. The van der Waals surface area contributed by atoms with Gasteiger partial charge in [0.25, 0.3) is 5.91 Å². The fourth-order valence-corrected chi connectivity index (χ4v) is 6.41. The molecule has 0 bridgehead atoms. The van der Waals surface area contributed by atoms with Gasteiger partial charge in [0, 0.05) is 38.3 Å². The number of nitrogens with zero attached hydrogens (tertiary/aromatic N) is 3. The second-order valence-electron chi connectivity index (χ2n) is 10.7. The van der Waals surface area contributed by atoms with Gasteiger partial charge in [-0.1, -0.05) is 33.8 Å². The number of likely N-dealkylation sites (tertiary alicyclic amines) is 1. The summed E-state index contributed by atoms with van der Waals surface area (Å²) in [4.78, 5) is 18.0. The molecule has 33 heavy (non-hydrogen) atoms. The lowest BCUT2D eigenvalue weighted by atomic mass is 9.85. The van der Waals surface area contributed by atoms with Crippen LogP contribution in [0.5, 0.6) is 0 Å². The van der Waals surface area contributed by atoms with Crippen LogP contribution in [0, 0.1) is 11.3 Å². The smallest absolute Gasteiger partial charge is 0.253 e. The molecule has 2 saturated heterocycles. The summed E-state index contributed by atoms with van der Waals surface area (Å²) in [5.74, 6) is 0.437. The summed E-state index contributed by atoms with van der Waals surface area (Å²) in [6.07, 6.45) is 5.29. The van der Waals surface area contributed by atoms with E-state index in [1.807, 2.05) is 4.90 Å². The van der Waals surface area contributed by atoms with E-state index in [1.165, 1.54) is 12.8 Å². The van der Waals surface area contributed by atoms with Gasteiger partial charge in [0.05, 0.1) is 4.90 Å². The number of rotatable bonds is 9. The molecule has 2 heterocycles. The molecule has 0 N–H and O–H groups in total. The molecule has 1 aromatic carbocycles. The summed E-state index contributed by atoms with van der Waals surface area (Å²) < 4.78 is 28.2. The molecule has 2 aliphatic rings. The van der Waals surface area contributed by atoms with Crippen LogP contribution < -0.4 is 0 Å². The van der Waals surface area contributed by atoms with Crippen molar-refractivity contribution in [3.05, 3.63) is 29.8 Å². The number of sulfonamides is 1. The van der Waals surface area contributed by atoms with Crippen molar-refractivity contribution in [2.24, 2.45) is 11.3 Å². The molecular formula is C25H42ClN3O3S. The summed E-state index contributed by atoms with van der Waals surface area (Å²) in [5, 5.41) is 0. The predicted octanol–water partition coefficient (Wildman–Crippen LogP) is 4.50. The fraction of sp³-hybridized carbons (Fsp3) is 0.720. The van der Waals surface area contributed by atoms with Crippen molar-refractivity contribution in [2.45, 2.75) is 64.7 Å². The Labute approximate surface area is 207 Å². The van der Waals surface area contributed by atoms with Gasteiger partial charge in [-0.3, -0.25) is 4.79 Å². The first-order chi connectivity index (χ1) is 15.1. The molecular weight excluding hydrogens is 458 g/mol. The number of hydrogen-bond acceptors (Lipinski definition) is 4. The molecule has 2 aliphatic heterocycles. The van der Waals surface area contributed by atoms with Gasteiger partial charge >= 0.3 is 0 Å². The Morgan fingerprint density at radius 1 is 1.09 bits per heavy atom. The zero-order chi connectivity index (χ0) is 23.4. The zero-order valence-corrected chi connectivity index (χ0v) is 22.4. The van der Waals surface area contributed by atoms with Crippen LogP contribution in [0.3, 0.4) is 0 Å². The number of benzene rings is 1. The van der Waals surface area contributed by atoms with Crippen LogP contribution in [0.15, 0.2) is 29.2 Å². The second kappa shape index (κ2) is 12.0. The van der Waals surface area contributed by atoms with Gasteiger partial charge in [0.1, 0.15) is 0 Å². The van der Waals surface area contributed by atoms with Crippen molar-refractivity contribution in [2.75, 3.05) is 45.8 Å². The van der Waals surface area contributed by atoms with Crippen molar-refractivity contribution in [1.82, 2.24) is 14.1 Å². The molecule has 0 aromatic heterocycles. The van der Waals surface area contributed by atoms with Crippen molar-refractivity contribution < 1.29 is 13.2 Å². The van der Waals surface area contributed by atoms with E-state index in [0.29, 0.717) is 37.7 Å². The fourth-order valence-electron chi connectivity index (χ4n) is 4.69. The number of carbonyl (C=O) groups excluding carboxylic acids is 1. The van der Waals surface area contributed by atoms with Crippen molar-refractivity contribution in [3.63, 3.8) is 0 Å². The van der Waals surface area contributed by atoms with Gasteiger partial charge in [-0.25, -0.2) is 8.42 Å². The lowest BCUT2D eigenvalue weighted by molar-refractivity contribution is 0.0732. The van der Waals surface area contributed by atoms with E-state index in [-0.39, 0.29) is 28.6 Å². The minimum absolute atomic E-state index is 0. The highest BCUT2D eigenvalue weighted by Gasteiger charge is 2.34. The third kappa shape index (κ3) is 7.67. The van der Waals surface area contributed by atoms with Gasteiger partial charge in [-0.2, -0.15) is 4.31 Å². The molecule has 1 aromatic rings. The molecule has 0 spiro atoms. The topological polar surface area (TPSA) is 60.9 Å². The summed E-state index contributed by atoms with van der Waals surface area (Å²) >= 11 is 0. The summed E-state index contributed by atoms with van der Waals surface area (Å²) in [5.41, 5.74) is 0.439. The summed E-state index contributed by atoms with van der Waals surface area (Å²) in [7, 11) is -3.61. The first-order valence-electron chi connectivity index (χ1n) is 12.2. The van der Waals surface area contributed by atoms with Crippen LogP contribution in [0.25, 0.3) is 0 Å². The quantitative estimate of drug-likeness (QED) is 0.501. The first kappa shape index (κ1) is 28.1. The monoisotopic (exact) mass is 499 g/mol. The maximum absolute atomic E-state index is 13.4. The second-order valence-corrected chi connectivity index (χ2v) is 12.6. The zero-order valence-electron chi connectivity index (χ0n) is 20.8. The number of hydrogen-bond donors (Lipinski definition) is 0. The number of amides is 1. The SMILES string of the molecule is CC(C)CCN(CCN1CCCC1)C(=O)c1cccc(S(=O)(=O)N2CCCC(C)(C)C2)c1.Cl. The molecule has 0 aliphatic carbocycles. The van der Waals surface area contributed by atoms with Crippen LogP contribution in [-0.2, 0) is 10.0 Å². The van der Waals surface area contributed by atoms with Gasteiger partial charge in [0.2, 0.25) is 10.0 Å². The van der Waals surface area contributed by atoms with Gasteiger partial charge < -0.3 is 9.80 Å². The standard InChI is InChI=1S/C25H41N3O3S.ClH/c1-21(2)11-16-27(18-17-26-13-5-6-14-26)24(29)22-9-7-10-23(19-22)32(30,31)28-15-8-12-25(3,4)20-28;/h7,9-10,19,21H,5-6,8,11-18,20H2,1-4H3;1H. The van der Waals surface area contributed by atoms with E-state index < -0.39 is 10.0 Å². The minimum Gasteiger partial charge on any atom is -0.337 e. The Morgan fingerprint density at radius 2 is 1.79 bits per heavy atom. The maximum Gasteiger partial charge on any atom is 0.253 e. The number of piperidine rings is 1. The Bertz CT molecular complexity index is 883. The Balaban J connectivity index is 0.00000385. The van der Waals surface area contributed by atoms with Crippen LogP contribution in [-0.4, -0.2) is 74.2 Å². The minimum atomic E-state index is -3.61. The molecule has 188 valence electrons. The maximum atomic E-state index is 13.4. The third-order valence-corrected chi connectivity index (χ3v) is 8.57. The third-order valence-electron chi connectivity index (χ3n) is 6.73. The highest BCUT2D eigenvalue weighted by molar-refractivity contribution is 7.89. The van der Waals surface area contributed by atoms with Gasteiger partial charge in [-0.05, 0) is 74.7 Å². The van der Waals surface area contributed by atoms with E-state index >= 15 is 0 Å². The number of carbonyl (C=O) groups is 1. The number of halogens is 1. The molecule has 0 radical (unpaired) electrons. The van der Waals surface area contributed by atoms with E-state index in [0.717, 1.165) is 38.9 Å². The molecule has 8 heteroatoms. The average molecular weight is 500 g/mol. The molecule has 1 amide bonds. The first-order valence-corrected chi connectivity index (χ1v) is 13.6. The van der Waals surface area contributed by atoms with Crippen molar-refractivity contribution >= 4 is 28.3 Å². The highest BCUT2D eigenvalue weighted by Crippen LogP contribution is 2.32. The van der Waals surface area contributed by atoms with E-state index in [2.05, 4.69) is 32.6 Å². The average Bonchev–Trinajstić information content (AvgIpc) is 3.26. The molecule has 3 rings (SSSR count). The van der Waals surface area contributed by atoms with E-state index in [4.69, 9.17) is 0 Å². The predicted molar refractivity (Wildman–Crippen MR) is 136 cm³/mol. The van der Waals surface area contributed by atoms with Crippen LogP contribution >= 0.6 is 12.4 Å². The van der Waals surface area contributed by atoms with E-state index in [1.54, 1.807) is 28.6 Å². The van der Waals surface area contributed by atoms with Gasteiger partial charge in [-0.15, -0.1) is 12.4 Å². The molecule has 6 nitrogen and oxygen atoms in total. The molecule has 2 fully saturated rings. The van der Waals surface area contributed by atoms with E-state index in [9.17, 15) is 13.2 Å². The van der Waals surface area contributed by atoms with Crippen molar-refractivity contribution in [1.29, 1.82) is 0 Å². The summed E-state index contributed by atoms with van der Waals surface area (Å²) in [6, 6.07) is 6.66. The van der Waals surface area contributed by atoms with Crippen LogP contribution in [0.4, 0.5) is 0 Å². The largest absolute Gasteiger partial charge is 0.337 e. The Morgan fingerprint density at radius 3 is 2.42 bits per heavy atom.